The van der Waals surface area contributed by atoms with E-state index in [1.54, 1.807) is 0 Å². The van der Waals surface area contributed by atoms with Crippen LogP contribution in [0.3, 0.4) is 0 Å². The van der Waals surface area contributed by atoms with Crippen LogP contribution in [-0.4, -0.2) is 17.7 Å². The molecule has 0 spiro atoms. The van der Waals surface area contributed by atoms with Crippen molar-refractivity contribution < 1.29 is 5.11 Å². The van der Waals surface area contributed by atoms with Gasteiger partial charge in [-0.3, -0.25) is 0 Å². The molecule has 1 aromatic carbocycles. The summed E-state index contributed by atoms with van der Waals surface area (Å²) in [5, 5.41) is 14.5. The van der Waals surface area contributed by atoms with Gasteiger partial charge in [-0.1, -0.05) is 31.2 Å². The highest BCUT2D eigenvalue weighted by atomic mass is 16.3. The van der Waals surface area contributed by atoms with Gasteiger partial charge < -0.3 is 10.4 Å². The Morgan fingerprint density at radius 3 is 2.33 bits per heavy atom. The molecule has 3 rings (SSSR count). The number of aryl methyl sites for hydroxylation is 1. The summed E-state index contributed by atoms with van der Waals surface area (Å²) >= 11 is 0. The summed E-state index contributed by atoms with van der Waals surface area (Å²) in [6.07, 6.45) is 5.93. The SMILES string of the molecule is CCc1ccc(C(O)(CNC2CC2)C2CC2)cc1. The third-order valence-corrected chi connectivity index (χ3v) is 4.35. The molecule has 0 radical (unpaired) electrons. The first-order valence-corrected chi connectivity index (χ1v) is 7.27. The van der Waals surface area contributed by atoms with Gasteiger partial charge in [-0.15, -0.1) is 0 Å². The number of nitrogens with one attached hydrogen (secondary N) is 1. The summed E-state index contributed by atoms with van der Waals surface area (Å²) in [5.74, 6) is 0.455. The molecule has 1 atom stereocenters. The minimum atomic E-state index is -0.644. The zero-order valence-corrected chi connectivity index (χ0v) is 11.2. The lowest BCUT2D eigenvalue weighted by atomic mass is 9.88. The van der Waals surface area contributed by atoms with Gasteiger partial charge in [-0.2, -0.15) is 0 Å². The summed E-state index contributed by atoms with van der Waals surface area (Å²) in [7, 11) is 0. The molecule has 0 amide bonds. The second-order valence-electron chi connectivity index (χ2n) is 5.90. The van der Waals surface area contributed by atoms with Gasteiger partial charge in [0.05, 0.1) is 0 Å². The van der Waals surface area contributed by atoms with E-state index in [1.807, 2.05) is 0 Å². The largest absolute Gasteiger partial charge is 0.384 e. The average Bonchev–Trinajstić information content (AvgIpc) is 3.29. The normalized spacial score (nSPS) is 22.8. The predicted octanol–water partition coefficient (Wildman–Crippen LogP) is 2.60. The zero-order valence-electron chi connectivity index (χ0n) is 11.2. The van der Waals surface area contributed by atoms with E-state index >= 15 is 0 Å². The zero-order chi connectivity index (χ0) is 12.6. The molecule has 1 aromatic rings. The Hall–Kier alpha value is -0.860. The Morgan fingerprint density at radius 1 is 1.17 bits per heavy atom. The molecular weight excluding hydrogens is 222 g/mol. The van der Waals surface area contributed by atoms with Gasteiger partial charge in [0.1, 0.15) is 5.60 Å². The van der Waals surface area contributed by atoms with Gasteiger partial charge in [0.25, 0.3) is 0 Å². The van der Waals surface area contributed by atoms with Crippen molar-refractivity contribution in [1.82, 2.24) is 5.32 Å². The van der Waals surface area contributed by atoms with Crippen molar-refractivity contribution in [2.45, 2.75) is 50.7 Å². The van der Waals surface area contributed by atoms with Gasteiger partial charge >= 0.3 is 0 Å². The minimum Gasteiger partial charge on any atom is -0.384 e. The smallest absolute Gasteiger partial charge is 0.105 e. The molecule has 2 aliphatic rings. The molecular formula is C16H23NO. The van der Waals surface area contributed by atoms with E-state index in [-0.39, 0.29) is 0 Å². The van der Waals surface area contributed by atoms with Crippen LogP contribution in [0.25, 0.3) is 0 Å². The first-order valence-electron chi connectivity index (χ1n) is 7.27. The molecule has 2 heteroatoms. The van der Waals surface area contributed by atoms with Crippen LogP contribution in [0.2, 0.25) is 0 Å². The molecule has 1 unspecified atom stereocenters. The molecule has 2 fully saturated rings. The highest BCUT2D eigenvalue weighted by Gasteiger charge is 2.45. The Balaban J connectivity index is 1.77. The predicted molar refractivity (Wildman–Crippen MR) is 73.5 cm³/mol. The van der Waals surface area contributed by atoms with Crippen LogP contribution >= 0.6 is 0 Å². The summed E-state index contributed by atoms with van der Waals surface area (Å²) in [5.41, 5.74) is 1.79. The molecule has 18 heavy (non-hydrogen) atoms. The lowest BCUT2D eigenvalue weighted by Crippen LogP contribution is -2.41. The van der Waals surface area contributed by atoms with E-state index in [9.17, 15) is 5.11 Å². The fourth-order valence-electron chi connectivity index (χ4n) is 2.66. The van der Waals surface area contributed by atoms with Crippen LogP contribution in [-0.2, 0) is 12.0 Å². The summed E-state index contributed by atoms with van der Waals surface area (Å²) < 4.78 is 0. The van der Waals surface area contributed by atoms with Crippen molar-refractivity contribution in [3.63, 3.8) is 0 Å². The van der Waals surface area contributed by atoms with Crippen molar-refractivity contribution >= 4 is 0 Å². The number of rotatable bonds is 6. The summed E-state index contributed by atoms with van der Waals surface area (Å²) in [4.78, 5) is 0. The van der Waals surface area contributed by atoms with Crippen LogP contribution < -0.4 is 5.32 Å². The Bertz CT molecular complexity index is 406. The fourth-order valence-corrected chi connectivity index (χ4v) is 2.66. The van der Waals surface area contributed by atoms with E-state index < -0.39 is 5.60 Å². The van der Waals surface area contributed by atoms with Crippen LogP contribution in [0.15, 0.2) is 24.3 Å². The Kier molecular flexibility index (Phi) is 3.16. The summed E-state index contributed by atoms with van der Waals surface area (Å²) in [6, 6.07) is 9.20. The molecule has 0 aromatic heterocycles. The van der Waals surface area contributed by atoms with Gasteiger partial charge in [-0.25, -0.2) is 0 Å². The quantitative estimate of drug-likeness (QED) is 0.807. The third kappa shape index (κ3) is 2.45. The maximum atomic E-state index is 11.0. The maximum absolute atomic E-state index is 11.0. The van der Waals surface area contributed by atoms with Crippen molar-refractivity contribution in [2.24, 2.45) is 5.92 Å². The lowest BCUT2D eigenvalue weighted by molar-refractivity contribution is 0.0131. The molecule has 0 bridgehead atoms. The average molecular weight is 245 g/mol. The maximum Gasteiger partial charge on any atom is 0.105 e. The van der Waals surface area contributed by atoms with E-state index in [0.717, 1.165) is 12.0 Å². The number of hydrogen-bond donors (Lipinski definition) is 2. The molecule has 2 aliphatic carbocycles. The van der Waals surface area contributed by atoms with Gasteiger partial charge in [0.15, 0.2) is 0 Å². The molecule has 0 heterocycles. The van der Waals surface area contributed by atoms with Gasteiger partial charge in [-0.05, 0) is 49.1 Å². The second kappa shape index (κ2) is 4.67. The van der Waals surface area contributed by atoms with Gasteiger partial charge in [0.2, 0.25) is 0 Å². The van der Waals surface area contributed by atoms with E-state index in [4.69, 9.17) is 0 Å². The molecule has 2 nitrogen and oxygen atoms in total. The van der Waals surface area contributed by atoms with Crippen molar-refractivity contribution in [2.75, 3.05) is 6.54 Å². The first kappa shape index (κ1) is 12.2. The molecule has 2 N–H and O–H groups in total. The molecule has 0 saturated heterocycles. The van der Waals surface area contributed by atoms with E-state index in [0.29, 0.717) is 18.5 Å². The lowest BCUT2D eigenvalue weighted by Gasteiger charge is -2.29. The standard InChI is InChI=1S/C16H23NO/c1-2-12-3-5-13(6-4-12)16(18,14-7-8-14)11-17-15-9-10-15/h3-6,14-15,17-18H,2,7-11H2,1H3. The van der Waals surface area contributed by atoms with Crippen LogP contribution in [0.5, 0.6) is 0 Å². The topological polar surface area (TPSA) is 32.3 Å². The highest BCUT2D eigenvalue weighted by Crippen LogP contribution is 2.45. The van der Waals surface area contributed by atoms with Crippen molar-refractivity contribution in [1.29, 1.82) is 0 Å². The van der Waals surface area contributed by atoms with Crippen LogP contribution in [0, 0.1) is 5.92 Å². The Morgan fingerprint density at radius 2 is 1.83 bits per heavy atom. The number of aliphatic hydroxyl groups is 1. The van der Waals surface area contributed by atoms with Crippen LogP contribution in [0.1, 0.15) is 43.7 Å². The highest BCUT2D eigenvalue weighted by molar-refractivity contribution is 5.29. The number of hydrogen-bond acceptors (Lipinski definition) is 2. The van der Waals surface area contributed by atoms with E-state index in [2.05, 4.69) is 36.5 Å². The third-order valence-electron chi connectivity index (χ3n) is 4.35. The fraction of sp³-hybridized carbons (Fsp3) is 0.625. The van der Waals surface area contributed by atoms with Crippen molar-refractivity contribution in [3.05, 3.63) is 35.4 Å². The first-order chi connectivity index (χ1) is 8.72. The number of benzene rings is 1. The molecule has 2 saturated carbocycles. The molecule has 0 aliphatic heterocycles. The summed E-state index contributed by atoms with van der Waals surface area (Å²) in [6.45, 7) is 2.88. The Labute approximate surface area is 109 Å². The van der Waals surface area contributed by atoms with Crippen LogP contribution in [0.4, 0.5) is 0 Å². The second-order valence-corrected chi connectivity index (χ2v) is 5.90. The minimum absolute atomic E-state index is 0.455. The van der Waals surface area contributed by atoms with E-state index in [1.165, 1.54) is 31.2 Å². The molecule has 98 valence electrons. The monoisotopic (exact) mass is 245 g/mol. The van der Waals surface area contributed by atoms with Gasteiger partial charge in [0, 0.05) is 12.6 Å². The van der Waals surface area contributed by atoms with Crippen molar-refractivity contribution in [3.8, 4) is 0 Å².